The van der Waals surface area contributed by atoms with Crippen LogP contribution in [0.25, 0.3) is 0 Å². The van der Waals surface area contributed by atoms with Crippen LogP contribution in [0.1, 0.15) is 0 Å². The first kappa shape index (κ1) is 7.93. The molecule has 0 aliphatic carbocycles. The van der Waals surface area contributed by atoms with Gasteiger partial charge in [-0.1, -0.05) is 0 Å². The standard InChI is InChI=1S/C3H7I2NO/c1-4-6-3-7-5-2/h3H,1-2H3/q-2. The van der Waals surface area contributed by atoms with E-state index in [0.29, 0.717) is 0 Å². The molecule has 0 amide bonds. The Balaban J connectivity index is 2.78. The summed E-state index contributed by atoms with van der Waals surface area (Å²) in [4.78, 5) is 4.14. The number of hydrogen-bond acceptors (Lipinski definition) is 2. The fourth-order valence-corrected chi connectivity index (χ4v) is 1.21. The maximum atomic E-state index is 4.92. The van der Waals surface area contributed by atoms with E-state index in [2.05, 4.69) is 13.1 Å². The molecule has 0 aromatic heterocycles. The molecule has 0 aliphatic heterocycles. The Hall–Kier alpha value is 0.930. The van der Waals surface area contributed by atoms with Gasteiger partial charge in [0.15, 0.2) is 0 Å². The van der Waals surface area contributed by atoms with E-state index in [1.807, 2.05) is 0 Å². The molecule has 0 saturated carbocycles. The number of hydrogen-bond donors (Lipinski definition) is 0. The van der Waals surface area contributed by atoms with Crippen LogP contribution in [0.2, 0.25) is 0 Å². The second-order valence-corrected chi connectivity index (χ2v) is 3.53. The molecule has 2 nitrogen and oxygen atoms in total. The zero-order valence-corrected chi connectivity index (χ0v) is 8.50. The van der Waals surface area contributed by atoms with Crippen LogP contribution in [0, 0.1) is 0 Å². The summed E-state index contributed by atoms with van der Waals surface area (Å²) >= 11 is 0.0201. The summed E-state index contributed by atoms with van der Waals surface area (Å²) in [5.41, 5.74) is 0. The first-order chi connectivity index (χ1) is 3.41. The molecular formula is C3H7I2NO-2. The Kier molecular flexibility index (Phi) is 7.85. The molecule has 4 heteroatoms. The summed E-state index contributed by atoms with van der Waals surface area (Å²) in [6, 6.07) is 0. The van der Waals surface area contributed by atoms with Crippen molar-refractivity contribution in [3.05, 3.63) is 0 Å². The Labute approximate surface area is 65.2 Å². The van der Waals surface area contributed by atoms with Gasteiger partial charge in [-0.25, -0.2) is 0 Å². The normalized spacial score (nSPS) is 11.1. The fraction of sp³-hybridized carbons (Fsp3) is 0.667. The molecule has 0 atom stereocenters. The van der Waals surface area contributed by atoms with Crippen LogP contribution < -0.4 is 43.1 Å². The van der Waals surface area contributed by atoms with Gasteiger partial charge in [0, 0.05) is 0 Å². The number of rotatable bonds is 3. The predicted molar refractivity (Wildman–Crippen MR) is 21.4 cm³/mol. The van der Waals surface area contributed by atoms with Gasteiger partial charge in [0.05, 0.1) is 0 Å². The van der Waals surface area contributed by atoms with Crippen molar-refractivity contribution >= 4 is 6.40 Å². The van der Waals surface area contributed by atoms with E-state index in [1.54, 1.807) is 6.40 Å². The summed E-state index contributed by atoms with van der Waals surface area (Å²) in [7, 11) is 0. The van der Waals surface area contributed by atoms with E-state index in [-0.39, 0.29) is 43.1 Å². The minimum absolute atomic E-state index is 0.0368. The van der Waals surface area contributed by atoms with Crippen molar-refractivity contribution in [1.29, 1.82) is 0 Å². The zero-order chi connectivity index (χ0) is 5.54. The van der Waals surface area contributed by atoms with Crippen LogP contribution >= 0.6 is 0 Å². The maximum absolute atomic E-state index is 4.92. The number of nitrogens with zero attached hydrogens (tertiary/aromatic N) is 1. The summed E-state index contributed by atoms with van der Waals surface area (Å²) < 4.78 is 8.87. The molecular weight excluding hydrogens is 320 g/mol. The topological polar surface area (TPSA) is 21.6 Å². The van der Waals surface area contributed by atoms with E-state index < -0.39 is 0 Å². The molecule has 0 rings (SSSR count). The molecule has 0 saturated heterocycles. The molecule has 0 aliphatic rings. The molecule has 0 unspecified atom stereocenters. The van der Waals surface area contributed by atoms with Gasteiger partial charge in [-0.15, -0.1) is 0 Å². The van der Waals surface area contributed by atoms with Gasteiger partial charge in [0.25, 0.3) is 0 Å². The molecule has 0 heterocycles. The van der Waals surface area contributed by atoms with Crippen LogP contribution in [-0.2, 0) is 3.07 Å². The van der Waals surface area contributed by atoms with E-state index in [0.717, 1.165) is 0 Å². The fourth-order valence-electron chi connectivity index (χ4n) is 0.0947. The Morgan fingerprint density at radius 3 is 2.71 bits per heavy atom. The molecule has 0 fully saturated rings. The van der Waals surface area contributed by atoms with Crippen molar-refractivity contribution in [2.45, 2.75) is 0 Å². The van der Waals surface area contributed by atoms with E-state index in [4.69, 9.17) is 3.07 Å². The third-order valence-corrected chi connectivity index (χ3v) is 1.79. The number of alkyl halides is 2. The summed E-state index contributed by atoms with van der Waals surface area (Å²) in [5, 5.41) is 0. The second kappa shape index (κ2) is 6.93. The van der Waals surface area contributed by atoms with Gasteiger partial charge >= 0.3 is 65.6 Å². The summed E-state index contributed by atoms with van der Waals surface area (Å²) in [6.07, 6.45) is 1.58. The van der Waals surface area contributed by atoms with Crippen molar-refractivity contribution in [1.82, 2.24) is 0 Å². The molecule has 0 bridgehead atoms. The first-order valence-corrected chi connectivity index (χ1v) is 7.73. The Morgan fingerprint density at radius 2 is 2.29 bits per heavy atom. The zero-order valence-electron chi connectivity index (χ0n) is 4.19. The average molecular weight is 327 g/mol. The molecule has 0 spiro atoms. The summed E-state index contributed by atoms with van der Waals surface area (Å²) in [5.74, 6) is 0. The van der Waals surface area contributed by atoms with E-state index >= 15 is 0 Å². The first-order valence-electron chi connectivity index (χ1n) is 1.57. The van der Waals surface area contributed by atoms with Gasteiger partial charge in [-0.05, 0) is 0 Å². The summed E-state index contributed by atoms with van der Waals surface area (Å²) in [6.45, 7) is 0. The third-order valence-electron chi connectivity index (χ3n) is 0.266. The molecule has 0 radical (unpaired) electrons. The van der Waals surface area contributed by atoms with Crippen molar-refractivity contribution in [3.63, 3.8) is 0 Å². The Bertz CT molecular complexity index is 56.9. The molecule has 46 valence electrons. The quantitative estimate of drug-likeness (QED) is 0.219. The second-order valence-electron chi connectivity index (χ2n) is 0.615. The van der Waals surface area contributed by atoms with Gasteiger partial charge in [-0.3, -0.25) is 0 Å². The number of halogens is 2. The molecule has 0 N–H and O–H groups in total. The average Bonchev–Trinajstić information content (AvgIpc) is 1.69. The minimum atomic E-state index is -0.0368. The SMILES string of the molecule is C[I-]N=CO[I-]C. The van der Waals surface area contributed by atoms with Crippen molar-refractivity contribution in [2.24, 2.45) is 3.21 Å². The molecule has 0 aromatic carbocycles. The van der Waals surface area contributed by atoms with Crippen LogP contribution in [0.3, 0.4) is 0 Å². The van der Waals surface area contributed by atoms with Gasteiger partial charge in [0.1, 0.15) is 0 Å². The predicted octanol–water partition coefficient (Wildman–Crippen LogP) is -5.70. The van der Waals surface area contributed by atoms with Crippen LogP contribution in [0.15, 0.2) is 3.21 Å². The Morgan fingerprint density at radius 1 is 1.57 bits per heavy atom. The van der Waals surface area contributed by atoms with Gasteiger partial charge in [0.2, 0.25) is 0 Å². The van der Waals surface area contributed by atoms with Crippen molar-refractivity contribution in [2.75, 3.05) is 9.86 Å². The van der Waals surface area contributed by atoms with Gasteiger partial charge in [-0.2, -0.15) is 0 Å². The molecule has 7 heavy (non-hydrogen) atoms. The van der Waals surface area contributed by atoms with Crippen LogP contribution in [0.5, 0.6) is 0 Å². The van der Waals surface area contributed by atoms with Crippen molar-refractivity contribution < 1.29 is 46.2 Å². The van der Waals surface area contributed by atoms with Crippen LogP contribution in [-0.4, -0.2) is 16.3 Å². The van der Waals surface area contributed by atoms with Crippen molar-refractivity contribution in [3.8, 4) is 0 Å². The molecule has 0 aromatic rings. The van der Waals surface area contributed by atoms with E-state index in [9.17, 15) is 0 Å². The van der Waals surface area contributed by atoms with Crippen LogP contribution in [0.4, 0.5) is 0 Å². The van der Waals surface area contributed by atoms with Gasteiger partial charge < -0.3 is 0 Å². The monoisotopic (exact) mass is 327 g/mol. The third kappa shape index (κ3) is 6.93. The van der Waals surface area contributed by atoms with E-state index in [1.165, 1.54) is 0 Å².